The Morgan fingerprint density at radius 3 is 2.43 bits per heavy atom. The molecule has 14 heavy (non-hydrogen) atoms. The molecule has 76 valence electrons. The van der Waals surface area contributed by atoms with Gasteiger partial charge in [0.05, 0.1) is 5.56 Å². The predicted octanol–water partition coefficient (Wildman–Crippen LogP) is 1.66. The van der Waals surface area contributed by atoms with E-state index >= 15 is 0 Å². The molecular formula is C10H14N2O2. The van der Waals surface area contributed by atoms with Crippen LogP contribution in [0, 0.1) is 0 Å². The Kier molecular flexibility index (Phi) is 2.47. The molecule has 0 radical (unpaired) electrons. The highest BCUT2D eigenvalue weighted by atomic mass is 16.4. The Morgan fingerprint density at radius 2 is 2.00 bits per heavy atom. The van der Waals surface area contributed by atoms with Gasteiger partial charge in [0.25, 0.3) is 0 Å². The van der Waals surface area contributed by atoms with Gasteiger partial charge >= 0.3 is 5.97 Å². The number of anilines is 1. The molecule has 0 atom stereocenters. The summed E-state index contributed by atoms with van der Waals surface area (Å²) in [7, 11) is 0. The lowest BCUT2D eigenvalue weighted by atomic mass is 9.91. The van der Waals surface area contributed by atoms with Gasteiger partial charge in [-0.15, -0.1) is 0 Å². The molecule has 0 bridgehead atoms. The van der Waals surface area contributed by atoms with Crippen molar-refractivity contribution >= 4 is 11.8 Å². The van der Waals surface area contributed by atoms with E-state index in [-0.39, 0.29) is 16.8 Å². The molecule has 4 heteroatoms. The highest BCUT2D eigenvalue weighted by Gasteiger charge is 2.18. The zero-order valence-corrected chi connectivity index (χ0v) is 8.53. The van der Waals surface area contributed by atoms with Crippen LogP contribution in [0.5, 0.6) is 0 Å². The molecule has 1 rings (SSSR count). The number of rotatable bonds is 1. The summed E-state index contributed by atoms with van der Waals surface area (Å²) >= 11 is 0. The molecule has 0 aliphatic heterocycles. The summed E-state index contributed by atoms with van der Waals surface area (Å²) in [4.78, 5) is 14.9. The maximum Gasteiger partial charge on any atom is 0.335 e. The van der Waals surface area contributed by atoms with Crippen LogP contribution in [-0.4, -0.2) is 16.1 Å². The van der Waals surface area contributed by atoms with Crippen LogP contribution in [0.25, 0.3) is 0 Å². The number of carbonyl (C=O) groups is 1. The minimum absolute atomic E-state index is 0.183. The van der Waals surface area contributed by atoms with Crippen LogP contribution >= 0.6 is 0 Å². The van der Waals surface area contributed by atoms with Crippen LogP contribution in [0.2, 0.25) is 0 Å². The van der Waals surface area contributed by atoms with E-state index in [4.69, 9.17) is 10.8 Å². The van der Waals surface area contributed by atoms with E-state index in [0.29, 0.717) is 5.69 Å². The fourth-order valence-corrected chi connectivity index (χ4v) is 1.06. The molecule has 0 aliphatic rings. The van der Waals surface area contributed by atoms with Gasteiger partial charge in [0.15, 0.2) is 0 Å². The molecule has 4 nitrogen and oxygen atoms in total. The Bertz CT molecular complexity index is 367. The molecule has 1 aromatic heterocycles. The smallest absolute Gasteiger partial charge is 0.335 e. The van der Waals surface area contributed by atoms with Gasteiger partial charge in [0.1, 0.15) is 5.82 Å². The summed E-state index contributed by atoms with van der Waals surface area (Å²) in [6.07, 6.45) is 0. The van der Waals surface area contributed by atoms with Gasteiger partial charge in [-0.25, -0.2) is 9.78 Å². The van der Waals surface area contributed by atoms with Crippen molar-refractivity contribution in [2.24, 2.45) is 0 Å². The fraction of sp³-hybridized carbons (Fsp3) is 0.400. The van der Waals surface area contributed by atoms with Gasteiger partial charge in [-0.1, -0.05) is 20.8 Å². The number of nitrogens with zero attached hydrogens (tertiary/aromatic N) is 1. The summed E-state index contributed by atoms with van der Waals surface area (Å²) in [6, 6.07) is 2.91. The van der Waals surface area contributed by atoms with Crippen LogP contribution in [0.3, 0.4) is 0 Å². The zero-order chi connectivity index (χ0) is 10.9. The minimum atomic E-state index is -0.982. The lowest BCUT2D eigenvalue weighted by Gasteiger charge is -2.18. The number of hydrogen-bond donors (Lipinski definition) is 2. The Labute approximate surface area is 82.8 Å². The number of pyridine rings is 1. The van der Waals surface area contributed by atoms with E-state index in [1.165, 1.54) is 6.07 Å². The van der Waals surface area contributed by atoms with E-state index in [1.54, 1.807) is 6.07 Å². The minimum Gasteiger partial charge on any atom is -0.478 e. The predicted molar refractivity (Wildman–Crippen MR) is 54.3 cm³/mol. The van der Waals surface area contributed by atoms with Gasteiger partial charge in [0, 0.05) is 11.1 Å². The number of nitrogens with two attached hydrogens (primary N) is 1. The maximum atomic E-state index is 10.7. The first-order valence-electron chi connectivity index (χ1n) is 4.32. The van der Waals surface area contributed by atoms with Crippen LogP contribution in [0.1, 0.15) is 36.8 Å². The molecule has 0 aliphatic carbocycles. The second-order valence-electron chi connectivity index (χ2n) is 4.22. The molecule has 3 N–H and O–H groups in total. The number of carboxylic acid groups (broad SMARTS) is 1. The molecule has 0 saturated carbocycles. The third-order valence-electron chi connectivity index (χ3n) is 1.86. The summed E-state index contributed by atoms with van der Waals surface area (Å²) in [6.45, 7) is 5.88. The van der Waals surface area contributed by atoms with E-state index in [2.05, 4.69) is 4.98 Å². The topological polar surface area (TPSA) is 76.2 Å². The molecule has 0 saturated heterocycles. The Hall–Kier alpha value is -1.58. The highest BCUT2D eigenvalue weighted by Crippen LogP contribution is 2.22. The Balaban J connectivity index is 3.28. The first kappa shape index (κ1) is 10.5. The summed E-state index contributed by atoms with van der Waals surface area (Å²) in [5, 5.41) is 8.82. The molecular weight excluding hydrogens is 180 g/mol. The average Bonchev–Trinajstić information content (AvgIpc) is 2.01. The normalized spacial score (nSPS) is 11.4. The number of aromatic carboxylic acids is 1. The highest BCUT2D eigenvalue weighted by molar-refractivity contribution is 5.88. The monoisotopic (exact) mass is 194 g/mol. The van der Waals surface area contributed by atoms with Crippen molar-refractivity contribution < 1.29 is 9.90 Å². The lowest BCUT2D eigenvalue weighted by molar-refractivity contribution is 0.0696. The lowest BCUT2D eigenvalue weighted by Crippen LogP contribution is -2.16. The zero-order valence-electron chi connectivity index (χ0n) is 8.53. The van der Waals surface area contributed by atoms with E-state index in [1.807, 2.05) is 20.8 Å². The second-order valence-corrected chi connectivity index (χ2v) is 4.22. The first-order chi connectivity index (χ1) is 6.30. The standard InChI is InChI=1S/C10H14N2O2/c1-10(2,3)7-4-6(9(13)14)5-8(11)12-7/h4-5H,1-3H3,(H2,11,12)(H,13,14). The summed E-state index contributed by atoms with van der Waals surface area (Å²) in [5.41, 5.74) is 6.20. The fourth-order valence-electron chi connectivity index (χ4n) is 1.06. The van der Waals surface area contributed by atoms with Crippen molar-refractivity contribution in [3.8, 4) is 0 Å². The second kappa shape index (κ2) is 3.29. The number of aromatic nitrogens is 1. The van der Waals surface area contributed by atoms with Crippen molar-refractivity contribution in [3.05, 3.63) is 23.4 Å². The van der Waals surface area contributed by atoms with Crippen molar-refractivity contribution in [2.45, 2.75) is 26.2 Å². The quantitative estimate of drug-likeness (QED) is 0.712. The Morgan fingerprint density at radius 1 is 1.43 bits per heavy atom. The van der Waals surface area contributed by atoms with Gasteiger partial charge in [-0.2, -0.15) is 0 Å². The van der Waals surface area contributed by atoms with E-state index in [0.717, 1.165) is 0 Å². The van der Waals surface area contributed by atoms with Crippen LogP contribution < -0.4 is 5.73 Å². The number of carboxylic acids is 1. The van der Waals surface area contributed by atoms with Gasteiger partial charge in [-0.3, -0.25) is 0 Å². The average molecular weight is 194 g/mol. The molecule has 0 aromatic carbocycles. The number of nitrogen functional groups attached to an aromatic ring is 1. The number of hydrogen-bond acceptors (Lipinski definition) is 3. The van der Waals surface area contributed by atoms with Crippen molar-refractivity contribution in [1.29, 1.82) is 0 Å². The molecule has 0 fully saturated rings. The van der Waals surface area contributed by atoms with E-state index < -0.39 is 5.97 Å². The molecule has 1 aromatic rings. The summed E-state index contributed by atoms with van der Waals surface area (Å²) in [5.74, 6) is -0.737. The van der Waals surface area contributed by atoms with Gasteiger partial charge < -0.3 is 10.8 Å². The first-order valence-corrected chi connectivity index (χ1v) is 4.32. The van der Waals surface area contributed by atoms with Crippen molar-refractivity contribution in [3.63, 3.8) is 0 Å². The summed E-state index contributed by atoms with van der Waals surface area (Å²) < 4.78 is 0. The molecule has 1 heterocycles. The van der Waals surface area contributed by atoms with Crippen molar-refractivity contribution in [1.82, 2.24) is 4.98 Å². The third-order valence-corrected chi connectivity index (χ3v) is 1.86. The SMILES string of the molecule is CC(C)(C)c1cc(C(=O)O)cc(N)n1. The third kappa shape index (κ3) is 2.22. The van der Waals surface area contributed by atoms with Gasteiger partial charge in [-0.05, 0) is 12.1 Å². The van der Waals surface area contributed by atoms with Gasteiger partial charge in [0.2, 0.25) is 0 Å². The molecule has 0 amide bonds. The van der Waals surface area contributed by atoms with Crippen LogP contribution in [-0.2, 0) is 5.41 Å². The molecule has 0 spiro atoms. The van der Waals surface area contributed by atoms with E-state index in [9.17, 15) is 4.79 Å². The largest absolute Gasteiger partial charge is 0.478 e. The van der Waals surface area contributed by atoms with Crippen LogP contribution in [0.4, 0.5) is 5.82 Å². The van der Waals surface area contributed by atoms with Crippen molar-refractivity contribution in [2.75, 3.05) is 5.73 Å². The maximum absolute atomic E-state index is 10.7. The van der Waals surface area contributed by atoms with Crippen LogP contribution in [0.15, 0.2) is 12.1 Å². The molecule has 0 unspecified atom stereocenters.